The summed E-state index contributed by atoms with van der Waals surface area (Å²) in [4.78, 5) is 0. The van der Waals surface area contributed by atoms with Crippen molar-refractivity contribution in [1.29, 1.82) is 0 Å². The van der Waals surface area contributed by atoms with Gasteiger partial charge < -0.3 is 0 Å². The Morgan fingerprint density at radius 1 is 2.00 bits per heavy atom. The zero-order valence-corrected chi connectivity index (χ0v) is 5.12. The molecule has 0 amide bonds. The van der Waals surface area contributed by atoms with Crippen molar-refractivity contribution in [3.8, 4) is 0 Å². The van der Waals surface area contributed by atoms with Crippen LogP contribution in [-0.4, -0.2) is 15.7 Å². The van der Waals surface area contributed by atoms with Crippen LogP contribution in [0.2, 0.25) is 5.21 Å². The molecule has 1 unspecified atom stereocenters. The summed E-state index contributed by atoms with van der Waals surface area (Å²) in [7, 11) is 0. The van der Waals surface area contributed by atoms with Gasteiger partial charge >= 0.3 is 31.6 Å². The Morgan fingerprint density at radius 3 is 2.25 bits per heavy atom. The molecule has 0 spiro atoms. The quantitative estimate of drug-likeness (QED) is 0.445. The molecule has 0 aromatic heterocycles. The molecular weight excluding hydrogens is 115 g/mol. The maximum atomic E-state index is 9.45. The Hall–Kier alpha value is 0.358. The summed E-state index contributed by atoms with van der Waals surface area (Å²) in [5.41, 5.74) is 0. The monoisotopic (exact) mass is 122 g/mol. The molecule has 0 rings (SSSR count). The predicted molar refractivity (Wildman–Crippen MR) is 19.7 cm³/mol. The zero-order chi connectivity index (χ0) is 3.41. The standard InChI is InChI=1S/C2H7AsO/c1-2-3-4/h2-3H2,1H3. The molecule has 0 aromatic carbocycles. The molecule has 0 aliphatic rings. The van der Waals surface area contributed by atoms with Crippen LogP contribution in [0.1, 0.15) is 6.92 Å². The number of hydrogen-bond acceptors (Lipinski definition) is 1. The minimum atomic E-state index is -0.938. The summed E-state index contributed by atoms with van der Waals surface area (Å²) in [6, 6.07) is 0. The van der Waals surface area contributed by atoms with Crippen molar-refractivity contribution >= 4 is 15.7 Å². The second kappa shape index (κ2) is 3.36. The van der Waals surface area contributed by atoms with Crippen LogP contribution < -0.4 is 0 Å². The topological polar surface area (TPSA) is 17.1 Å². The van der Waals surface area contributed by atoms with Gasteiger partial charge in [0, 0.05) is 0 Å². The fraction of sp³-hybridized carbons (Fsp3) is 1.00. The van der Waals surface area contributed by atoms with Gasteiger partial charge in [0.2, 0.25) is 0 Å². The van der Waals surface area contributed by atoms with Gasteiger partial charge in [0.15, 0.2) is 0 Å². The predicted octanol–water partition coefficient (Wildman–Crippen LogP) is -0.0611. The third-order valence-electron chi connectivity index (χ3n) is 0.167. The van der Waals surface area contributed by atoms with Crippen molar-refractivity contribution in [2.24, 2.45) is 0 Å². The van der Waals surface area contributed by atoms with Crippen molar-refractivity contribution in [3.05, 3.63) is 0 Å². The minimum absolute atomic E-state index is 0.920. The first kappa shape index (κ1) is 4.36. The van der Waals surface area contributed by atoms with Crippen LogP contribution in [0.15, 0.2) is 0 Å². The van der Waals surface area contributed by atoms with E-state index in [1.807, 2.05) is 6.92 Å². The van der Waals surface area contributed by atoms with Gasteiger partial charge in [0.1, 0.15) is 0 Å². The molecule has 26 valence electrons. The molecule has 0 N–H and O–H groups in total. The van der Waals surface area contributed by atoms with Crippen LogP contribution in [0.25, 0.3) is 0 Å². The molecule has 0 aliphatic carbocycles. The van der Waals surface area contributed by atoms with Crippen molar-refractivity contribution in [2.45, 2.75) is 12.1 Å². The van der Waals surface area contributed by atoms with Gasteiger partial charge in [-0.05, 0) is 0 Å². The number of hydrogen-bond donors (Lipinski definition) is 0. The van der Waals surface area contributed by atoms with Crippen LogP contribution in [0.5, 0.6) is 0 Å². The van der Waals surface area contributed by atoms with E-state index in [4.69, 9.17) is 0 Å². The van der Waals surface area contributed by atoms with E-state index < -0.39 is 15.7 Å². The molecule has 0 bridgehead atoms. The van der Waals surface area contributed by atoms with E-state index in [0.717, 1.165) is 5.21 Å². The SMILES string of the molecule is CC[AsH2]=O. The van der Waals surface area contributed by atoms with Gasteiger partial charge in [0.25, 0.3) is 0 Å². The van der Waals surface area contributed by atoms with Crippen molar-refractivity contribution < 1.29 is 3.74 Å². The molecule has 0 aliphatic heterocycles. The molecule has 0 fully saturated rings. The molecule has 2 heteroatoms. The Bertz CT molecular complexity index is 20.0. The van der Waals surface area contributed by atoms with Crippen LogP contribution in [0, 0.1) is 0 Å². The Labute approximate surface area is 32.3 Å². The van der Waals surface area contributed by atoms with E-state index in [-0.39, 0.29) is 0 Å². The second-order valence-electron chi connectivity index (χ2n) is 0.575. The molecule has 4 heavy (non-hydrogen) atoms. The van der Waals surface area contributed by atoms with E-state index in [2.05, 4.69) is 0 Å². The third kappa shape index (κ3) is 2.36. The van der Waals surface area contributed by atoms with Crippen LogP contribution >= 0.6 is 0 Å². The van der Waals surface area contributed by atoms with E-state index in [1.54, 1.807) is 0 Å². The van der Waals surface area contributed by atoms with Gasteiger partial charge in [-0.25, -0.2) is 0 Å². The zero-order valence-electron chi connectivity index (χ0n) is 2.69. The van der Waals surface area contributed by atoms with Gasteiger partial charge in [-0.3, -0.25) is 0 Å². The van der Waals surface area contributed by atoms with Crippen LogP contribution in [-0.2, 0) is 3.74 Å². The second-order valence-corrected chi connectivity index (χ2v) is 2.99. The van der Waals surface area contributed by atoms with Crippen LogP contribution in [0.4, 0.5) is 0 Å². The average Bonchev–Trinajstić information content (AvgIpc) is 1.37. The summed E-state index contributed by atoms with van der Waals surface area (Å²) in [5, 5.41) is 0.920. The first-order valence-electron chi connectivity index (χ1n) is 1.35. The summed E-state index contributed by atoms with van der Waals surface area (Å²) in [6.07, 6.45) is 0. The van der Waals surface area contributed by atoms with Gasteiger partial charge in [-0.1, -0.05) is 0 Å². The molecule has 0 radical (unpaired) electrons. The maximum absolute atomic E-state index is 9.45. The first-order valence-corrected chi connectivity index (χ1v) is 4.05. The molecule has 0 aromatic rings. The van der Waals surface area contributed by atoms with Crippen LogP contribution in [0.3, 0.4) is 0 Å². The van der Waals surface area contributed by atoms with Gasteiger partial charge in [0.05, 0.1) is 0 Å². The third-order valence-corrected chi connectivity index (χ3v) is 0.866. The summed E-state index contributed by atoms with van der Waals surface area (Å²) >= 11 is -0.938. The van der Waals surface area contributed by atoms with Crippen molar-refractivity contribution in [1.82, 2.24) is 0 Å². The van der Waals surface area contributed by atoms with E-state index in [1.165, 1.54) is 0 Å². The normalized spacial score (nSPS) is 10.2. The average molecular weight is 122 g/mol. The van der Waals surface area contributed by atoms with Gasteiger partial charge in [-0.2, -0.15) is 0 Å². The van der Waals surface area contributed by atoms with Gasteiger partial charge in [-0.15, -0.1) is 0 Å². The molecular formula is C2H7AsO. The fourth-order valence-electron chi connectivity index (χ4n) is 0. The number of rotatable bonds is 1. The van der Waals surface area contributed by atoms with Crippen molar-refractivity contribution in [3.63, 3.8) is 0 Å². The molecule has 1 atom stereocenters. The van der Waals surface area contributed by atoms with E-state index >= 15 is 0 Å². The fourth-order valence-corrected chi connectivity index (χ4v) is 0. The first-order chi connectivity index (χ1) is 1.91. The Kier molecular flexibility index (Phi) is 3.66. The van der Waals surface area contributed by atoms with Crippen molar-refractivity contribution in [2.75, 3.05) is 0 Å². The Morgan fingerprint density at radius 2 is 2.25 bits per heavy atom. The molecule has 1 nitrogen and oxygen atoms in total. The molecule has 0 saturated heterocycles. The Balaban J connectivity index is 2.30. The summed E-state index contributed by atoms with van der Waals surface area (Å²) < 4.78 is 9.45. The molecule has 0 heterocycles. The van der Waals surface area contributed by atoms with E-state index in [0.29, 0.717) is 0 Å². The molecule has 0 saturated carbocycles. The summed E-state index contributed by atoms with van der Waals surface area (Å²) in [6.45, 7) is 1.94. The summed E-state index contributed by atoms with van der Waals surface area (Å²) in [5.74, 6) is 0. The van der Waals surface area contributed by atoms with E-state index in [9.17, 15) is 3.74 Å².